The predicted molar refractivity (Wildman–Crippen MR) is 91.3 cm³/mol. The Labute approximate surface area is 140 Å². The Bertz CT molecular complexity index is 671. The number of carboxylic acid groups (broad SMARTS) is 1. The molecule has 0 bridgehead atoms. The zero-order chi connectivity index (χ0) is 17.4. The molecule has 0 aliphatic heterocycles. The van der Waals surface area contributed by atoms with Crippen LogP contribution in [0, 0.1) is 0 Å². The zero-order valence-corrected chi connectivity index (χ0v) is 13.4. The summed E-state index contributed by atoms with van der Waals surface area (Å²) in [6, 6.07) is 15.4. The Balaban J connectivity index is 1.91. The molecule has 6 nitrogen and oxygen atoms in total. The van der Waals surface area contributed by atoms with Crippen molar-refractivity contribution >= 4 is 17.6 Å². The second-order valence-corrected chi connectivity index (χ2v) is 5.14. The molecule has 0 aliphatic carbocycles. The van der Waals surface area contributed by atoms with E-state index in [9.17, 15) is 9.59 Å². The third-order valence-corrected chi connectivity index (χ3v) is 3.26. The summed E-state index contributed by atoms with van der Waals surface area (Å²) < 4.78 is 5.67. The molecule has 0 fully saturated rings. The van der Waals surface area contributed by atoms with Gasteiger partial charge in [0.2, 0.25) is 5.91 Å². The standard InChI is InChI=1S/C18H20N2O4/c1-2-19-16(18(22)23)12-17(21)20-13-8-10-15(11-9-13)24-14-6-4-3-5-7-14/h3-11,16,19H,2,12H2,1H3,(H,20,21)(H,22,23). The maximum atomic E-state index is 11.9. The Morgan fingerprint density at radius 2 is 1.67 bits per heavy atom. The summed E-state index contributed by atoms with van der Waals surface area (Å²) in [5.41, 5.74) is 0.584. The molecule has 24 heavy (non-hydrogen) atoms. The largest absolute Gasteiger partial charge is 0.480 e. The van der Waals surface area contributed by atoms with Gasteiger partial charge in [-0.2, -0.15) is 0 Å². The minimum Gasteiger partial charge on any atom is -0.480 e. The van der Waals surface area contributed by atoms with Crippen LogP contribution in [0.25, 0.3) is 0 Å². The van der Waals surface area contributed by atoms with Crippen LogP contribution in [0.4, 0.5) is 5.69 Å². The lowest BCUT2D eigenvalue weighted by Crippen LogP contribution is -2.39. The zero-order valence-electron chi connectivity index (χ0n) is 13.4. The Morgan fingerprint density at radius 1 is 1.04 bits per heavy atom. The molecule has 0 heterocycles. The maximum absolute atomic E-state index is 11.9. The molecular weight excluding hydrogens is 308 g/mol. The average Bonchev–Trinajstić information content (AvgIpc) is 2.57. The first-order valence-corrected chi connectivity index (χ1v) is 7.67. The highest BCUT2D eigenvalue weighted by molar-refractivity contribution is 5.94. The molecule has 1 amide bonds. The van der Waals surface area contributed by atoms with Crippen LogP contribution in [0.15, 0.2) is 54.6 Å². The van der Waals surface area contributed by atoms with E-state index in [2.05, 4.69) is 10.6 Å². The van der Waals surface area contributed by atoms with Gasteiger partial charge < -0.3 is 20.5 Å². The highest BCUT2D eigenvalue weighted by Gasteiger charge is 2.19. The van der Waals surface area contributed by atoms with Gasteiger partial charge in [0.25, 0.3) is 0 Å². The van der Waals surface area contributed by atoms with E-state index in [1.807, 2.05) is 30.3 Å². The molecule has 126 valence electrons. The summed E-state index contributed by atoms with van der Waals surface area (Å²) in [6.07, 6.45) is -0.133. The highest BCUT2D eigenvalue weighted by Crippen LogP contribution is 2.22. The first kappa shape index (κ1) is 17.5. The lowest BCUT2D eigenvalue weighted by Gasteiger charge is -2.13. The van der Waals surface area contributed by atoms with Gasteiger partial charge in [-0.05, 0) is 42.9 Å². The molecular formula is C18H20N2O4. The third-order valence-electron chi connectivity index (χ3n) is 3.26. The van der Waals surface area contributed by atoms with E-state index >= 15 is 0 Å². The number of ether oxygens (including phenoxy) is 1. The molecule has 6 heteroatoms. The molecule has 2 aromatic rings. The van der Waals surface area contributed by atoms with Crippen molar-refractivity contribution in [1.29, 1.82) is 0 Å². The smallest absolute Gasteiger partial charge is 0.321 e. The maximum Gasteiger partial charge on any atom is 0.321 e. The van der Waals surface area contributed by atoms with Crippen molar-refractivity contribution in [1.82, 2.24) is 5.32 Å². The fourth-order valence-electron chi connectivity index (χ4n) is 2.12. The second-order valence-electron chi connectivity index (χ2n) is 5.14. The number of aliphatic carboxylic acids is 1. The van der Waals surface area contributed by atoms with Gasteiger partial charge >= 0.3 is 5.97 Å². The Kier molecular flexibility index (Phi) is 6.33. The molecule has 0 spiro atoms. The number of carbonyl (C=O) groups is 2. The number of carbonyl (C=O) groups excluding carboxylic acids is 1. The van der Waals surface area contributed by atoms with E-state index in [1.165, 1.54) is 0 Å². The van der Waals surface area contributed by atoms with E-state index in [-0.39, 0.29) is 12.3 Å². The van der Waals surface area contributed by atoms with E-state index < -0.39 is 12.0 Å². The minimum absolute atomic E-state index is 0.133. The molecule has 1 unspecified atom stereocenters. The van der Waals surface area contributed by atoms with Gasteiger partial charge in [-0.15, -0.1) is 0 Å². The van der Waals surface area contributed by atoms with Crippen molar-refractivity contribution in [3.63, 3.8) is 0 Å². The Hall–Kier alpha value is -2.86. The molecule has 0 saturated heterocycles. The number of benzene rings is 2. The lowest BCUT2D eigenvalue weighted by molar-refractivity contribution is -0.141. The van der Waals surface area contributed by atoms with Crippen LogP contribution in [-0.4, -0.2) is 29.6 Å². The van der Waals surface area contributed by atoms with Gasteiger partial charge in [-0.1, -0.05) is 25.1 Å². The van der Waals surface area contributed by atoms with Crippen molar-refractivity contribution < 1.29 is 19.4 Å². The molecule has 3 N–H and O–H groups in total. The predicted octanol–water partition coefficient (Wildman–Crippen LogP) is 2.87. The molecule has 0 aliphatic rings. The van der Waals surface area contributed by atoms with E-state index in [0.29, 0.717) is 18.0 Å². The fourth-order valence-corrected chi connectivity index (χ4v) is 2.12. The van der Waals surface area contributed by atoms with Crippen LogP contribution in [-0.2, 0) is 9.59 Å². The number of nitrogens with one attached hydrogen (secondary N) is 2. The van der Waals surface area contributed by atoms with Crippen molar-refractivity contribution in [3.05, 3.63) is 54.6 Å². The highest BCUT2D eigenvalue weighted by atomic mass is 16.5. The normalized spacial score (nSPS) is 11.5. The van der Waals surface area contributed by atoms with Crippen molar-refractivity contribution in [2.45, 2.75) is 19.4 Å². The first-order valence-electron chi connectivity index (χ1n) is 7.67. The fraction of sp³-hybridized carbons (Fsp3) is 0.222. The van der Waals surface area contributed by atoms with Gasteiger partial charge in [0.1, 0.15) is 17.5 Å². The van der Waals surface area contributed by atoms with Crippen molar-refractivity contribution in [3.8, 4) is 11.5 Å². The molecule has 0 radical (unpaired) electrons. The lowest BCUT2D eigenvalue weighted by atomic mass is 10.2. The average molecular weight is 328 g/mol. The van der Waals surface area contributed by atoms with Crippen LogP contribution >= 0.6 is 0 Å². The summed E-state index contributed by atoms with van der Waals surface area (Å²) in [4.78, 5) is 23.0. The summed E-state index contributed by atoms with van der Waals surface area (Å²) >= 11 is 0. The van der Waals surface area contributed by atoms with Crippen molar-refractivity contribution in [2.24, 2.45) is 0 Å². The molecule has 2 rings (SSSR count). The summed E-state index contributed by atoms with van der Waals surface area (Å²) in [6.45, 7) is 2.27. The van der Waals surface area contributed by atoms with E-state index in [0.717, 1.165) is 5.75 Å². The number of anilines is 1. The summed E-state index contributed by atoms with van der Waals surface area (Å²) in [5.74, 6) is -0.0295. The van der Waals surface area contributed by atoms with Gasteiger partial charge in [0.05, 0.1) is 6.42 Å². The SMILES string of the molecule is CCNC(CC(=O)Nc1ccc(Oc2ccccc2)cc1)C(=O)O. The van der Waals surface area contributed by atoms with Gasteiger partial charge in [0, 0.05) is 5.69 Å². The molecule has 1 atom stereocenters. The number of carboxylic acids is 1. The van der Waals surface area contributed by atoms with Crippen LogP contribution < -0.4 is 15.4 Å². The third kappa shape index (κ3) is 5.40. The quantitative estimate of drug-likeness (QED) is 0.693. The second kappa shape index (κ2) is 8.69. The van der Waals surface area contributed by atoms with E-state index in [1.54, 1.807) is 31.2 Å². The van der Waals surface area contributed by atoms with Crippen molar-refractivity contribution in [2.75, 3.05) is 11.9 Å². The van der Waals surface area contributed by atoms with Gasteiger partial charge in [-0.3, -0.25) is 9.59 Å². The minimum atomic E-state index is -1.04. The number of hydrogen-bond acceptors (Lipinski definition) is 4. The van der Waals surface area contributed by atoms with Crippen LogP contribution in [0.3, 0.4) is 0 Å². The number of amides is 1. The monoisotopic (exact) mass is 328 g/mol. The number of likely N-dealkylation sites (N-methyl/N-ethyl adjacent to an activating group) is 1. The van der Waals surface area contributed by atoms with Crippen LogP contribution in [0.2, 0.25) is 0 Å². The molecule has 0 saturated carbocycles. The van der Waals surface area contributed by atoms with Crippen LogP contribution in [0.1, 0.15) is 13.3 Å². The van der Waals surface area contributed by atoms with Gasteiger partial charge in [0.15, 0.2) is 0 Å². The number of para-hydroxylation sites is 1. The summed E-state index contributed by atoms with van der Waals surface area (Å²) in [5, 5.41) is 14.5. The molecule has 0 aromatic heterocycles. The topological polar surface area (TPSA) is 87.7 Å². The first-order chi connectivity index (χ1) is 11.6. The van der Waals surface area contributed by atoms with Gasteiger partial charge in [-0.25, -0.2) is 0 Å². The number of rotatable bonds is 8. The van der Waals surface area contributed by atoms with Crippen LogP contribution in [0.5, 0.6) is 11.5 Å². The summed E-state index contributed by atoms with van der Waals surface area (Å²) in [7, 11) is 0. The number of hydrogen-bond donors (Lipinski definition) is 3. The molecule has 2 aromatic carbocycles. The Morgan fingerprint density at radius 3 is 2.25 bits per heavy atom. The van der Waals surface area contributed by atoms with E-state index in [4.69, 9.17) is 9.84 Å².